The van der Waals surface area contributed by atoms with E-state index in [9.17, 15) is 4.79 Å². The summed E-state index contributed by atoms with van der Waals surface area (Å²) in [4.78, 5) is 21.6. The first-order chi connectivity index (χ1) is 9.58. The van der Waals surface area contributed by atoms with Crippen molar-refractivity contribution in [2.24, 2.45) is 0 Å². The highest BCUT2D eigenvalue weighted by Gasteiger charge is 2.34. The second-order valence-electron chi connectivity index (χ2n) is 4.39. The van der Waals surface area contributed by atoms with Crippen molar-refractivity contribution in [3.8, 4) is 0 Å². The number of halogens is 2. The van der Waals surface area contributed by atoms with Crippen molar-refractivity contribution in [3.05, 3.63) is 51.9 Å². The van der Waals surface area contributed by atoms with E-state index in [1.807, 2.05) is 18.2 Å². The molecule has 2 heterocycles. The second kappa shape index (κ2) is 4.92. The number of hydrogen-bond donors (Lipinski definition) is 1. The Hall–Kier alpha value is -1.85. The minimum Gasteiger partial charge on any atom is -0.345 e. The highest BCUT2D eigenvalue weighted by molar-refractivity contribution is 6.33. The molecule has 1 unspecified atom stereocenters. The molecule has 1 aromatic carbocycles. The summed E-state index contributed by atoms with van der Waals surface area (Å²) < 4.78 is 0. The SMILES string of the molecule is CN1C(=O)c2ccccc2C1Nc1nc(Cl)ncc1Cl. The predicted octanol–water partition coefficient (Wildman–Crippen LogP) is 2.98. The van der Waals surface area contributed by atoms with Crippen molar-refractivity contribution < 1.29 is 4.79 Å². The maximum Gasteiger partial charge on any atom is 0.255 e. The van der Waals surface area contributed by atoms with E-state index in [-0.39, 0.29) is 17.4 Å². The normalized spacial score (nSPS) is 17.2. The van der Waals surface area contributed by atoms with Gasteiger partial charge in [-0.1, -0.05) is 29.8 Å². The van der Waals surface area contributed by atoms with Gasteiger partial charge < -0.3 is 10.2 Å². The van der Waals surface area contributed by atoms with Crippen LogP contribution in [0.15, 0.2) is 30.5 Å². The van der Waals surface area contributed by atoms with Crippen molar-refractivity contribution in [2.75, 3.05) is 12.4 Å². The van der Waals surface area contributed by atoms with Gasteiger partial charge in [0.1, 0.15) is 11.2 Å². The quantitative estimate of drug-likeness (QED) is 0.867. The maximum absolute atomic E-state index is 12.1. The summed E-state index contributed by atoms with van der Waals surface area (Å²) in [6.07, 6.45) is 1.09. The lowest BCUT2D eigenvalue weighted by molar-refractivity contribution is 0.0788. The van der Waals surface area contributed by atoms with E-state index in [4.69, 9.17) is 23.2 Å². The van der Waals surface area contributed by atoms with Crippen molar-refractivity contribution in [1.82, 2.24) is 14.9 Å². The van der Waals surface area contributed by atoms with Gasteiger partial charge in [0.25, 0.3) is 5.91 Å². The molecule has 1 aromatic heterocycles. The van der Waals surface area contributed by atoms with Gasteiger partial charge >= 0.3 is 0 Å². The molecule has 0 saturated heterocycles. The second-order valence-corrected chi connectivity index (χ2v) is 5.13. The van der Waals surface area contributed by atoms with Crippen LogP contribution in [-0.4, -0.2) is 27.8 Å². The number of fused-ring (bicyclic) bond motifs is 1. The number of benzene rings is 1. The summed E-state index contributed by atoms with van der Waals surface area (Å²) in [5.41, 5.74) is 1.55. The first kappa shape index (κ1) is 13.1. The minimum atomic E-state index is -0.331. The maximum atomic E-state index is 12.1. The zero-order valence-electron chi connectivity index (χ0n) is 10.5. The number of carbonyl (C=O) groups is 1. The van der Waals surface area contributed by atoms with Gasteiger partial charge in [0.15, 0.2) is 5.82 Å². The van der Waals surface area contributed by atoms with Crippen molar-refractivity contribution in [3.63, 3.8) is 0 Å². The zero-order chi connectivity index (χ0) is 14.3. The van der Waals surface area contributed by atoms with Crippen LogP contribution in [0.25, 0.3) is 0 Å². The first-order valence-electron chi connectivity index (χ1n) is 5.88. The molecule has 0 fully saturated rings. The van der Waals surface area contributed by atoms with Crippen LogP contribution in [0.3, 0.4) is 0 Å². The Labute approximate surface area is 125 Å². The fourth-order valence-corrected chi connectivity index (χ4v) is 2.48. The zero-order valence-corrected chi connectivity index (χ0v) is 12.0. The number of hydrogen-bond acceptors (Lipinski definition) is 4. The lowest BCUT2D eigenvalue weighted by Crippen LogP contribution is -2.28. The third kappa shape index (κ3) is 2.09. The first-order valence-corrected chi connectivity index (χ1v) is 6.64. The fraction of sp³-hybridized carbons (Fsp3) is 0.154. The molecule has 0 radical (unpaired) electrons. The number of carbonyl (C=O) groups excluding carboxylic acids is 1. The number of amides is 1. The Morgan fingerprint density at radius 1 is 1.30 bits per heavy atom. The Kier molecular flexibility index (Phi) is 3.23. The van der Waals surface area contributed by atoms with Crippen molar-refractivity contribution in [1.29, 1.82) is 0 Å². The molecule has 1 aliphatic rings. The van der Waals surface area contributed by atoms with Crippen molar-refractivity contribution >= 4 is 34.9 Å². The molecule has 1 aliphatic heterocycles. The van der Waals surface area contributed by atoms with Gasteiger partial charge in [-0.3, -0.25) is 4.79 Å². The molecule has 20 heavy (non-hydrogen) atoms. The van der Waals surface area contributed by atoms with E-state index < -0.39 is 0 Å². The Balaban J connectivity index is 1.99. The lowest BCUT2D eigenvalue weighted by atomic mass is 10.1. The molecule has 0 bridgehead atoms. The molecule has 3 rings (SSSR count). The minimum absolute atomic E-state index is 0.0469. The lowest BCUT2D eigenvalue weighted by Gasteiger charge is -2.22. The molecular formula is C13H10Cl2N4O. The summed E-state index contributed by atoms with van der Waals surface area (Å²) in [5, 5.41) is 3.57. The summed E-state index contributed by atoms with van der Waals surface area (Å²) >= 11 is 11.8. The molecule has 1 atom stereocenters. The Morgan fingerprint density at radius 3 is 2.85 bits per heavy atom. The number of rotatable bonds is 2. The molecule has 1 amide bonds. The van der Waals surface area contributed by atoms with Gasteiger partial charge in [0.05, 0.1) is 6.20 Å². The van der Waals surface area contributed by atoms with E-state index in [1.54, 1.807) is 18.0 Å². The van der Waals surface area contributed by atoms with Crippen LogP contribution < -0.4 is 5.32 Å². The van der Waals surface area contributed by atoms with Crippen LogP contribution in [0.1, 0.15) is 22.1 Å². The fourth-order valence-electron chi connectivity index (χ4n) is 2.20. The average molecular weight is 309 g/mol. The van der Waals surface area contributed by atoms with E-state index in [2.05, 4.69) is 15.3 Å². The largest absolute Gasteiger partial charge is 0.345 e. The monoisotopic (exact) mass is 308 g/mol. The number of anilines is 1. The molecule has 0 saturated carbocycles. The summed E-state index contributed by atoms with van der Waals surface area (Å²) in [6, 6.07) is 7.41. The van der Waals surface area contributed by atoms with E-state index in [1.165, 1.54) is 6.20 Å². The predicted molar refractivity (Wildman–Crippen MR) is 77.0 cm³/mol. The topological polar surface area (TPSA) is 58.1 Å². The molecule has 0 spiro atoms. The van der Waals surface area contributed by atoms with Crippen LogP contribution in [0.4, 0.5) is 5.82 Å². The molecule has 2 aromatic rings. The highest BCUT2D eigenvalue weighted by atomic mass is 35.5. The summed E-state index contributed by atoms with van der Waals surface area (Å²) in [5.74, 6) is 0.349. The third-order valence-corrected chi connectivity index (χ3v) is 3.64. The van der Waals surface area contributed by atoms with E-state index in [0.29, 0.717) is 16.4 Å². The molecule has 1 N–H and O–H groups in total. The van der Waals surface area contributed by atoms with Crippen LogP contribution in [0.5, 0.6) is 0 Å². The third-order valence-electron chi connectivity index (χ3n) is 3.18. The van der Waals surface area contributed by atoms with Crippen LogP contribution in [0, 0.1) is 0 Å². The average Bonchev–Trinajstić information content (AvgIpc) is 2.68. The molecule has 0 aliphatic carbocycles. The standard InChI is InChI=1S/C13H10Cl2N4O/c1-19-11(7-4-2-3-5-8(7)12(19)20)17-10-9(14)6-16-13(15)18-10/h2-6,11H,1H3,(H,16,17,18). The Bertz CT molecular complexity index is 692. The van der Waals surface area contributed by atoms with Crippen LogP contribution >= 0.6 is 23.2 Å². The number of nitrogens with zero attached hydrogens (tertiary/aromatic N) is 3. The van der Waals surface area contributed by atoms with E-state index >= 15 is 0 Å². The van der Waals surface area contributed by atoms with Crippen LogP contribution in [-0.2, 0) is 0 Å². The van der Waals surface area contributed by atoms with Gasteiger partial charge in [-0.25, -0.2) is 4.98 Å². The van der Waals surface area contributed by atoms with E-state index in [0.717, 1.165) is 5.56 Å². The molecule has 102 valence electrons. The molecular weight excluding hydrogens is 299 g/mol. The van der Waals surface area contributed by atoms with Gasteiger partial charge in [0.2, 0.25) is 5.28 Å². The highest BCUT2D eigenvalue weighted by Crippen LogP contribution is 2.34. The summed E-state index contributed by atoms with van der Waals surface area (Å²) in [7, 11) is 1.72. The van der Waals surface area contributed by atoms with Gasteiger partial charge in [-0.05, 0) is 17.7 Å². The van der Waals surface area contributed by atoms with Gasteiger partial charge in [-0.15, -0.1) is 0 Å². The van der Waals surface area contributed by atoms with Gasteiger partial charge in [0, 0.05) is 18.2 Å². The molecule has 5 nitrogen and oxygen atoms in total. The smallest absolute Gasteiger partial charge is 0.255 e. The molecule has 7 heteroatoms. The number of aromatic nitrogens is 2. The van der Waals surface area contributed by atoms with Gasteiger partial charge in [-0.2, -0.15) is 4.98 Å². The van der Waals surface area contributed by atoms with Crippen molar-refractivity contribution in [2.45, 2.75) is 6.17 Å². The number of nitrogens with one attached hydrogen (secondary N) is 1. The Morgan fingerprint density at radius 2 is 2.05 bits per heavy atom. The van der Waals surface area contributed by atoms with Crippen LogP contribution in [0.2, 0.25) is 10.3 Å². The summed E-state index contributed by atoms with van der Waals surface area (Å²) in [6.45, 7) is 0.